The number of nitrogens with two attached hydrogens (primary N) is 1. The van der Waals surface area contributed by atoms with E-state index in [9.17, 15) is 10.1 Å². The fraction of sp³-hybridized carbons (Fsp3) is 0.222. The van der Waals surface area contributed by atoms with Crippen molar-refractivity contribution in [1.82, 2.24) is 0 Å². The van der Waals surface area contributed by atoms with Crippen molar-refractivity contribution in [2.24, 2.45) is 5.73 Å². The lowest BCUT2D eigenvalue weighted by molar-refractivity contribution is -0.384. The summed E-state index contributed by atoms with van der Waals surface area (Å²) in [5.41, 5.74) is 5.99. The minimum absolute atomic E-state index is 0. The number of benzene rings is 1. The first kappa shape index (κ1) is 14.6. The van der Waals surface area contributed by atoms with Gasteiger partial charge >= 0.3 is 0 Å². The van der Waals surface area contributed by atoms with Gasteiger partial charge in [0.25, 0.3) is 5.69 Å². The average Bonchev–Trinajstić information content (AvgIpc) is 2.18. The molecule has 0 aromatic heterocycles. The van der Waals surface area contributed by atoms with Crippen LogP contribution in [0.5, 0.6) is 0 Å². The number of rotatable bonds is 3. The zero-order chi connectivity index (χ0) is 11.4. The van der Waals surface area contributed by atoms with E-state index in [4.69, 9.17) is 22.6 Å². The van der Waals surface area contributed by atoms with Crippen molar-refractivity contribution in [2.75, 3.05) is 0 Å². The highest BCUT2D eigenvalue weighted by Crippen LogP contribution is 2.27. The fourth-order valence-corrected chi connectivity index (χ4v) is 1.39. The summed E-state index contributed by atoms with van der Waals surface area (Å²) >= 11 is 5.82. The van der Waals surface area contributed by atoms with Gasteiger partial charge in [0.05, 0.1) is 17.4 Å². The molecular weight excluding hydrogens is 253 g/mol. The van der Waals surface area contributed by atoms with Crippen molar-refractivity contribution >= 4 is 29.7 Å². The van der Waals surface area contributed by atoms with E-state index >= 15 is 0 Å². The topological polar surface area (TPSA) is 93.0 Å². The first-order valence-electron chi connectivity index (χ1n) is 4.12. The third-order valence-electron chi connectivity index (χ3n) is 1.90. The second kappa shape index (κ2) is 6.28. The maximum Gasteiger partial charge on any atom is 0.269 e. The van der Waals surface area contributed by atoms with Crippen molar-refractivity contribution < 1.29 is 4.92 Å². The molecule has 0 heterocycles. The van der Waals surface area contributed by atoms with Crippen LogP contribution in [0.1, 0.15) is 18.0 Å². The molecule has 0 saturated heterocycles. The van der Waals surface area contributed by atoms with Crippen LogP contribution in [-0.4, -0.2) is 4.92 Å². The van der Waals surface area contributed by atoms with E-state index in [1.165, 1.54) is 18.2 Å². The largest absolute Gasteiger partial charge is 0.323 e. The summed E-state index contributed by atoms with van der Waals surface area (Å²) in [4.78, 5) is 9.97. The average molecular weight is 262 g/mol. The summed E-state index contributed by atoms with van der Waals surface area (Å²) in [5, 5.41) is 19.3. The number of nitro groups is 1. The molecule has 0 bridgehead atoms. The van der Waals surface area contributed by atoms with Crippen LogP contribution in [0.3, 0.4) is 0 Å². The molecular formula is C9H9Cl2N3O2. The monoisotopic (exact) mass is 261 g/mol. The van der Waals surface area contributed by atoms with Gasteiger partial charge in [0.1, 0.15) is 0 Å². The minimum atomic E-state index is -0.595. The highest BCUT2D eigenvalue weighted by molar-refractivity contribution is 6.31. The van der Waals surface area contributed by atoms with Gasteiger partial charge in [0.15, 0.2) is 0 Å². The molecule has 0 spiro atoms. The Morgan fingerprint density at radius 1 is 1.62 bits per heavy atom. The van der Waals surface area contributed by atoms with Crippen molar-refractivity contribution in [1.29, 1.82) is 5.26 Å². The lowest BCUT2D eigenvalue weighted by Crippen LogP contribution is -2.10. The first-order valence-corrected chi connectivity index (χ1v) is 4.50. The molecule has 0 fully saturated rings. The molecule has 0 amide bonds. The van der Waals surface area contributed by atoms with E-state index < -0.39 is 11.0 Å². The van der Waals surface area contributed by atoms with Gasteiger partial charge in [-0.2, -0.15) is 5.26 Å². The van der Waals surface area contributed by atoms with Gasteiger partial charge in [0, 0.05) is 23.2 Å². The van der Waals surface area contributed by atoms with E-state index in [-0.39, 0.29) is 24.5 Å². The number of hydrogen-bond donors (Lipinski definition) is 1. The van der Waals surface area contributed by atoms with E-state index in [1.54, 1.807) is 0 Å². The lowest BCUT2D eigenvalue weighted by Gasteiger charge is -2.09. The van der Waals surface area contributed by atoms with Crippen LogP contribution in [0.15, 0.2) is 18.2 Å². The zero-order valence-electron chi connectivity index (χ0n) is 8.09. The van der Waals surface area contributed by atoms with Crippen LogP contribution < -0.4 is 5.73 Å². The molecule has 86 valence electrons. The van der Waals surface area contributed by atoms with Gasteiger partial charge in [-0.1, -0.05) is 11.6 Å². The van der Waals surface area contributed by atoms with Crippen LogP contribution in [0.25, 0.3) is 0 Å². The van der Waals surface area contributed by atoms with E-state index in [0.29, 0.717) is 10.6 Å². The number of hydrogen-bond acceptors (Lipinski definition) is 4. The normalized spacial score (nSPS) is 11.1. The molecule has 1 aromatic carbocycles. The quantitative estimate of drug-likeness (QED) is 0.669. The number of nitriles is 1. The van der Waals surface area contributed by atoms with Crippen LogP contribution in [0, 0.1) is 21.4 Å². The molecule has 7 heteroatoms. The Hall–Kier alpha value is -1.35. The molecule has 1 aromatic rings. The van der Waals surface area contributed by atoms with E-state index in [1.807, 2.05) is 6.07 Å². The van der Waals surface area contributed by atoms with E-state index in [2.05, 4.69) is 0 Å². The summed E-state index contributed by atoms with van der Waals surface area (Å²) < 4.78 is 0. The Morgan fingerprint density at radius 3 is 2.75 bits per heavy atom. The maximum atomic E-state index is 10.5. The van der Waals surface area contributed by atoms with Gasteiger partial charge in [-0.05, 0) is 11.6 Å². The van der Waals surface area contributed by atoms with Crippen LogP contribution in [-0.2, 0) is 0 Å². The molecule has 0 aliphatic heterocycles. The SMILES string of the molecule is Cl.N#CC[C@@H](N)c1cc([N+](=O)[O-])ccc1Cl. The molecule has 1 rings (SSSR count). The Morgan fingerprint density at radius 2 is 2.25 bits per heavy atom. The van der Waals surface area contributed by atoms with Gasteiger partial charge in [-0.3, -0.25) is 10.1 Å². The summed E-state index contributed by atoms with van der Waals surface area (Å²) in [5.74, 6) is 0. The minimum Gasteiger partial charge on any atom is -0.323 e. The van der Waals surface area contributed by atoms with Gasteiger partial charge in [-0.25, -0.2) is 0 Å². The van der Waals surface area contributed by atoms with Gasteiger partial charge in [0.2, 0.25) is 0 Å². The zero-order valence-corrected chi connectivity index (χ0v) is 9.66. The lowest BCUT2D eigenvalue weighted by atomic mass is 10.0. The Balaban J connectivity index is 0.00000225. The predicted molar refractivity (Wildman–Crippen MR) is 62.5 cm³/mol. The highest BCUT2D eigenvalue weighted by atomic mass is 35.5. The third-order valence-corrected chi connectivity index (χ3v) is 2.25. The van der Waals surface area contributed by atoms with Crippen molar-refractivity contribution in [3.05, 3.63) is 38.9 Å². The van der Waals surface area contributed by atoms with Crippen LogP contribution >= 0.6 is 24.0 Å². The molecule has 5 nitrogen and oxygen atoms in total. The summed E-state index contributed by atoms with van der Waals surface area (Å²) in [6.07, 6.45) is 0.0703. The Kier molecular flexibility index (Phi) is 5.75. The molecule has 16 heavy (non-hydrogen) atoms. The number of nitro benzene ring substituents is 1. The molecule has 2 N–H and O–H groups in total. The second-order valence-electron chi connectivity index (χ2n) is 2.93. The molecule has 1 atom stereocenters. The highest BCUT2D eigenvalue weighted by Gasteiger charge is 2.14. The number of nitrogens with zero attached hydrogens (tertiary/aromatic N) is 2. The van der Waals surface area contributed by atoms with Crippen LogP contribution in [0.4, 0.5) is 5.69 Å². The first-order chi connectivity index (χ1) is 7.06. The summed E-state index contributed by atoms with van der Waals surface area (Å²) in [7, 11) is 0. The molecule has 0 unspecified atom stereocenters. The molecule has 0 aliphatic rings. The molecule has 0 aliphatic carbocycles. The number of non-ortho nitro benzene ring substituents is 1. The Labute approximate surface area is 103 Å². The van der Waals surface area contributed by atoms with Gasteiger partial charge in [-0.15, -0.1) is 12.4 Å². The predicted octanol–water partition coefficient (Wildman–Crippen LogP) is 2.58. The van der Waals surface area contributed by atoms with Gasteiger partial charge < -0.3 is 5.73 Å². The second-order valence-corrected chi connectivity index (χ2v) is 3.34. The fourth-order valence-electron chi connectivity index (χ4n) is 1.14. The third kappa shape index (κ3) is 3.35. The standard InChI is InChI=1S/C9H8ClN3O2.ClH/c10-8-2-1-6(13(14)15)5-7(8)9(12)3-4-11;/h1-2,5,9H,3,12H2;1H/t9-;/m1./s1. The number of halogens is 2. The van der Waals surface area contributed by atoms with E-state index in [0.717, 1.165) is 0 Å². The maximum absolute atomic E-state index is 10.5. The smallest absolute Gasteiger partial charge is 0.269 e. The van der Waals surface area contributed by atoms with Crippen molar-refractivity contribution in [2.45, 2.75) is 12.5 Å². The summed E-state index contributed by atoms with van der Waals surface area (Å²) in [6.45, 7) is 0. The molecule has 0 saturated carbocycles. The summed E-state index contributed by atoms with van der Waals surface area (Å²) in [6, 6.07) is 5.29. The van der Waals surface area contributed by atoms with Crippen molar-refractivity contribution in [3.63, 3.8) is 0 Å². The molecule has 0 radical (unpaired) electrons. The van der Waals surface area contributed by atoms with Crippen LogP contribution in [0.2, 0.25) is 5.02 Å². The van der Waals surface area contributed by atoms with Crippen molar-refractivity contribution in [3.8, 4) is 6.07 Å². The Bertz CT molecular complexity index is 431.